The second-order valence-electron chi connectivity index (χ2n) is 8.15. The highest BCUT2D eigenvalue weighted by molar-refractivity contribution is 5.52. The molecule has 0 saturated carbocycles. The van der Waals surface area contributed by atoms with Gasteiger partial charge in [-0.3, -0.25) is 4.90 Å². The second kappa shape index (κ2) is 10.2. The molecule has 4 aromatic carbocycles. The Labute approximate surface area is 198 Å². The van der Waals surface area contributed by atoms with E-state index in [0.29, 0.717) is 30.4 Å². The number of halogens is 1. The van der Waals surface area contributed by atoms with Crippen molar-refractivity contribution in [3.8, 4) is 11.5 Å². The van der Waals surface area contributed by atoms with E-state index in [9.17, 15) is 4.39 Å². The first-order valence-electron chi connectivity index (χ1n) is 11.2. The molecule has 1 heterocycles. The van der Waals surface area contributed by atoms with Crippen LogP contribution in [0.4, 0.5) is 4.39 Å². The molecule has 0 N–H and O–H groups in total. The van der Waals surface area contributed by atoms with Crippen molar-refractivity contribution in [2.45, 2.75) is 19.1 Å². The monoisotopic (exact) mass is 449 g/mol. The maximum Gasteiger partial charge on any atom is 0.247 e. The first-order chi connectivity index (χ1) is 16.8. The Morgan fingerprint density at radius 3 is 1.85 bits per heavy atom. The highest BCUT2D eigenvalue weighted by atomic mass is 19.1. The molecular weight excluding hydrogens is 425 g/mol. The minimum Gasteiger partial charge on any atom is -0.419 e. The molecule has 4 nitrogen and oxygen atoms in total. The molecule has 0 amide bonds. The Kier molecular flexibility index (Phi) is 6.54. The van der Waals surface area contributed by atoms with Gasteiger partial charge in [0.25, 0.3) is 0 Å². The number of rotatable bonds is 8. The van der Waals surface area contributed by atoms with Gasteiger partial charge in [-0.15, -0.1) is 10.2 Å². The summed E-state index contributed by atoms with van der Waals surface area (Å²) >= 11 is 0. The smallest absolute Gasteiger partial charge is 0.247 e. The fourth-order valence-electron chi connectivity index (χ4n) is 4.10. The van der Waals surface area contributed by atoms with Crippen molar-refractivity contribution in [3.63, 3.8) is 0 Å². The van der Waals surface area contributed by atoms with E-state index < -0.39 is 0 Å². The third-order valence-electron chi connectivity index (χ3n) is 5.68. The van der Waals surface area contributed by atoms with E-state index in [-0.39, 0.29) is 11.9 Å². The second-order valence-corrected chi connectivity index (χ2v) is 8.15. The number of nitrogens with zero attached hydrogens (tertiary/aromatic N) is 3. The Bertz CT molecular complexity index is 1280. The van der Waals surface area contributed by atoms with Crippen LogP contribution in [0.15, 0.2) is 120 Å². The summed E-state index contributed by atoms with van der Waals surface area (Å²) in [6.45, 7) is 1.37. The molecule has 0 fully saturated rings. The molecule has 0 aliphatic heterocycles. The quantitative estimate of drug-likeness (QED) is 0.265. The Hall–Kier alpha value is -4.09. The summed E-state index contributed by atoms with van der Waals surface area (Å²) in [5, 5.41) is 8.68. The van der Waals surface area contributed by atoms with Crippen LogP contribution in [-0.4, -0.2) is 15.1 Å². The van der Waals surface area contributed by atoms with Crippen LogP contribution in [0.2, 0.25) is 0 Å². The fraction of sp³-hybridized carbons (Fsp3) is 0.103. The third-order valence-corrected chi connectivity index (χ3v) is 5.68. The SMILES string of the molecule is Fc1cccc(-c2nnc(C(c3ccccc3)N(Cc3ccccc3)Cc3ccccc3)o2)c1. The summed E-state index contributed by atoms with van der Waals surface area (Å²) in [7, 11) is 0. The standard InChI is InChI=1S/C29H24FN3O/c30-26-18-10-17-25(19-26)28-31-32-29(34-28)27(24-15-8-3-9-16-24)33(20-22-11-4-1-5-12-22)21-23-13-6-2-7-14-23/h1-19,27H,20-21H2. The van der Waals surface area contributed by atoms with E-state index in [2.05, 4.69) is 51.5 Å². The lowest BCUT2D eigenvalue weighted by atomic mass is 10.0. The highest BCUT2D eigenvalue weighted by Gasteiger charge is 2.28. The summed E-state index contributed by atoms with van der Waals surface area (Å²) in [6, 6.07) is 36.8. The molecule has 5 rings (SSSR count). The zero-order valence-electron chi connectivity index (χ0n) is 18.6. The van der Waals surface area contributed by atoms with E-state index in [0.717, 1.165) is 5.56 Å². The molecule has 1 unspecified atom stereocenters. The highest BCUT2D eigenvalue weighted by Crippen LogP contribution is 2.32. The summed E-state index contributed by atoms with van der Waals surface area (Å²) in [5.74, 6) is 0.429. The number of aromatic nitrogens is 2. The van der Waals surface area contributed by atoms with Gasteiger partial charge in [-0.2, -0.15) is 0 Å². The zero-order valence-corrected chi connectivity index (χ0v) is 18.6. The maximum atomic E-state index is 13.8. The largest absolute Gasteiger partial charge is 0.419 e. The van der Waals surface area contributed by atoms with Crippen molar-refractivity contribution in [2.24, 2.45) is 0 Å². The average Bonchev–Trinajstić information content (AvgIpc) is 3.36. The Morgan fingerprint density at radius 1 is 0.676 bits per heavy atom. The van der Waals surface area contributed by atoms with Crippen molar-refractivity contribution in [1.29, 1.82) is 0 Å². The fourth-order valence-corrected chi connectivity index (χ4v) is 4.10. The van der Waals surface area contributed by atoms with Crippen LogP contribution in [0, 0.1) is 5.82 Å². The van der Waals surface area contributed by atoms with Crippen LogP contribution < -0.4 is 0 Å². The molecule has 0 aliphatic rings. The summed E-state index contributed by atoms with van der Waals surface area (Å²) in [4.78, 5) is 2.32. The maximum absolute atomic E-state index is 13.8. The lowest BCUT2D eigenvalue weighted by Crippen LogP contribution is -2.29. The molecule has 168 valence electrons. The van der Waals surface area contributed by atoms with Crippen molar-refractivity contribution >= 4 is 0 Å². The molecule has 0 bridgehead atoms. The third kappa shape index (κ3) is 5.11. The molecule has 1 atom stereocenters. The van der Waals surface area contributed by atoms with Crippen LogP contribution in [0.3, 0.4) is 0 Å². The molecule has 5 heteroatoms. The van der Waals surface area contributed by atoms with Gasteiger partial charge in [0, 0.05) is 18.7 Å². The topological polar surface area (TPSA) is 42.2 Å². The predicted octanol–water partition coefficient (Wildman–Crippen LogP) is 6.67. The molecule has 0 saturated heterocycles. The molecule has 0 aliphatic carbocycles. The number of hydrogen-bond acceptors (Lipinski definition) is 4. The normalized spacial score (nSPS) is 12.1. The van der Waals surface area contributed by atoms with Crippen LogP contribution in [0.25, 0.3) is 11.5 Å². The first-order valence-corrected chi connectivity index (χ1v) is 11.2. The van der Waals surface area contributed by atoms with E-state index in [1.165, 1.54) is 23.3 Å². The van der Waals surface area contributed by atoms with Gasteiger partial charge in [0.05, 0.1) is 0 Å². The van der Waals surface area contributed by atoms with Crippen LogP contribution >= 0.6 is 0 Å². The summed E-state index contributed by atoms with van der Waals surface area (Å²) < 4.78 is 20.0. The lowest BCUT2D eigenvalue weighted by Gasteiger charge is -2.30. The van der Waals surface area contributed by atoms with Gasteiger partial charge in [-0.25, -0.2) is 4.39 Å². The van der Waals surface area contributed by atoms with Gasteiger partial charge >= 0.3 is 0 Å². The van der Waals surface area contributed by atoms with Crippen LogP contribution in [-0.2, 0) is 13.1 Å². The van der Waals surface area contributed by atoms with Gasteiger partial charge in [-0.05, 0) is 34.9 Å². The number of hydrogen-bond donors (Lipinski definition) is 0. The lowest BCUT2D eigenvalue weighted by molar-refractivity contribution is 0.181. The van der Waals surface area contributed by atoms with Crippen molar-refractivity contribution in [2.75, 3.05) is 0 Å². The molecule has 34 heavy (non-hydrogen) atoms. The minimum absolute atomic E-state index is 0.281. The molecule has 1 aromatic heterocycles. The zero-order chi connectivity index (χ0) is 23.2. The van der Waals surface area contributed by atoms with E-state index in [1.807, 2.05) is 54.6 Å². The number of benzene rings is 4. The molecule has 5 aromatic rings. The molecule has 0 radical (unpaired) electrons. The van der Waals surface area contributed by atoms with E-state index in [1.54, 1.807) is 12.1 Å². The van der Waals surface area contributed by atoms with Gasteiger partial charge in [0.15, 0.2) is 0 Å². The van der Waals surface area contributed by atoms with Crippen molar-refractivity contribution in [1.82, 2.24) is 15.1 Å². The van der Waals surface area contributed by atoms with Crippen molar-refractivity contribution < 1.29 is 8.81 Å². The predicted molar refractivity (Wildman–Crippen MR) is 130 cm³/mol. The van der Waals surface area contributed by atoms with Gasteiger partial charge < -0.3 is 4.42 Å². The van der Waals surface area contributed by atoms with E-state index >= 15 is 0 Å². The van der Waals surface area contributed by atoms with E-state index in [4.69, 9.17) is 4.42 Å². The Morgan fingerprint density at radius 2 is 1.26 bits per heavy atom. The summed E-state index contributed by atoms with van der Waals surface area (Å²) in [6.07, 6.45) is 0. The van der Waals surface area contributed by atoms with Gasteiger partial charge in [-0.1, -0.05) is 97.1 Å². The van der Waals surface area contributed by atoms with Crippen LogP contribution in [0.5, 0.6) is 0 Å². The minimum atomic E-state index is -0.341. The van der Waals surface area contributed by atoms with Crippen LogP contribution in [0.1, 0.15) is 28.6 Å². The summed E-state index contributed by atoms with van der Waals surface area (Å²) in [5.41, 5.74) is 3.97. The molecular formula is C29H24FN3O. The molecule has 0 spiro atoms. The van der Waals surface area contributed by atoms with Gasteiger partial charge in [0.2, 0.25) is 11.8 Å². The average molecular weight is 450 g/mol. The van der Waals surface area contributed by atoms with Crippen molar-refractivity contribution in [3.05, 3.63) is 144 Å². The Balaban J connectivity index is 1.57. The first kappa shape index (κ1) is 21.7. The van der Waals surface area contributed by atoms with Gasteiger partial charge in [0.1, 0.15) is 11.9 Å².